The summed E-state index contributed by atoms with van der Waals surface area (Å²) in [6, 6.07) is 2.87. The zero-order valence-electron chi connectivity index (χ0n) is 6.87. The van der Waals surface area contributed by atoms with Gasteiger partial charge in [-0.05, 0) is 23.9 Å². The Morgan fingerprint density at radius 2 is 2.08 bits per heavy atom. The maximum absolute atomic E-state index is 11.3. The molecule has 0 amide bonds. The number of hydrogen-bond acceptors (Lipinski definition) is 4. The van der Waals surface area contributed by atoms with E-state index in [1.165, 1.54) is 17.4 Å². The van der Waals surface area contributed by atoms with Gasteiger partial charge in [0, 0.05) is 10.8 Å². The first-order chi connectivity index (χ1) is 6.18. The van der Waals surface area contributed by atoms with E-state index in [4.69, 9.17) is 0 Å². The molecule has 0 aliphatic heterocycles. The van der Waals surface area contributed by atoms with Crippen molar-refractivity contribution in [2.75, 3.05) is 0 Å². The molecule has 2 aromatic rings. The zero-order valence-corrected chi connectivity index (χ0v) is 7.68. The van der Waals surface area contributed by atoms with Gasteiger partial charge in [-0.3, -0.25) is 0 Å². The molecule has 2 heterocycles. The Kier molecular flexibility index (Phi) is 1.77. The van der Waals surface area contributed by atoms with Gasteiger partial charge in [0.2, 0.25) is 0 Å². The van der Waals surface area contributed by atoms with Crippen molar-refractivity contribution in [1.29, 1.82) is 0 Å². The van der Waals surface area contributed by atoms with Crippen LogP contribution in [0.1, 0.15) is 5.56 Å². The summed E-state index contributed by atoms with van der Waals surface area (Å²) < 4.78 is 5.30. The molecule has 0 aliphatic carbocycles. The van der Waals surface area contributed by atoms with Crippen LogP contribution in [0.2, 0.25) is 0 Å². The molecule has 0 saturated carbocycles. The van der Waals surface area contributed by atoms with Gasteiger partial charge in [-0.1, -0.05) is 0 Å². The van der Waals surface area contributed by atoms with E-state index in [2.05, 4.69) is 4.42 Å². The minimum absolute atomic E-state index is 0.507. The SMILES string of the molecule is Cc1csc2ccc(=O)oc(=O)c12. The molecule has 0 bridgehead atoms. The predicted molar refractivity (Wildman–Crippen MR) is 51.4 cm³/mol. The first-order valence-electron chi connectivity index (χ1n) is 3.71. The predicted octanol–water partition coefficient (Wildman–Crippen LogP) is 1.52. The lowest BCUT2D eigenvalue weighted by atomic mass is 10.2. The summed E-state index contributed by atoms with van der Waals surface area (Å²) in [6.45, 7) is 1.82. The van der Waals surface area contributed by atoms with Crippen molar-refractivity contribution in [2.45, 2.75) is 6.92 Å². The first-order valence-corrected chi connectivity index (χ1v) is 4.59. The summed E-state index contributed by atoms with van der Waals surface area (Å²) in [6.07, 6.45) is 0. The van der Waals surface area contributed by atoms with E-state index in [1.807, 2.05) is 12.3 Å². The van der Waals surface area contributed by atoms with Gasteiger partial charge in [-0.25, -0.2) is 9.59 Å². The lowest BCUT2D eigenvalue weighted by molar-refractivity contribution is 0.485. The maximum atomic E-state index is 11.3. The average molecular weight is 194 g/mol. The molecular weight excluding hydrogens is 188 g/mol. The largest absolute Gasteiger partial charge is 0.386 e. The molecule has 2 aromatic heterocycles. The molecular formula is C9H6O3S. The molecule has 66 valence electrons. The van der Waals surface area contributed by atoms with Gasteiger partial charge in [-0.15, -0.1) is 11.3 Å². The van der Waals surface area contributed by atoms with Gasteiger partial charge in [-0.2, -0.15) is 0 Å². The van der Waals surface area contributed by atoms with Crippen LogP contribution >= 0.6 is 11.3 Å². The Bertz CT molecular complexity index is 565. The molecule has 2 rings (SSSR count). The molecule has 0 aromatic carbocycles. The third-order valence-corrected chi connectivity index (χ3v) is 2.84. The van der Waals surface area contributed by atoms with E-state index in [0.717, 1.165) is 10.3 Å². The van der Waals surface area contributed by atoms with Crippen LogP contribution in [0.3, 0.4) is 0 Å². The zero-order chi connectivity index (χ0) is 9.42. The van der Waals surface area contributed by atoms with Crippen LogP contribution in [0.25, 0.3) is 10.1 Å². The van der Waals surface area contributed by atoms with Crippen molar-refractivity contribution in [3.05, 3.63) is 43.9 Å². The van der Waals surface area contributed by atoms with Gasteiger partial charge >= 0.3 is 11.3 Å². The van der Waals surface area contributed by atoms with E-state index in [0.29, 0.717) is 5.39 Å². The van der Waals surface area contributed by atoms with E-state index in [-0.39, 0.29) is 0 Å². The number of thiophene rings is 1. The van der Waals surface area contributed by atoms with Crippen molar-refractivity contribution in [2.24, 2.45) is 0 Å². The Hall–Kier alpha value is -1.42. The molecule has 13 heavy (non-hydrogen) atoms. The highest BCUT2D eigenvalue weighted by Crippen LogP contribution is 2.20. The molecule has 0 radical (unpaired) electrons. The van der Waals surface area contributed by atoms with Crippen molar-refractivity contribution >= 4 is 21.4 Å². The number of rotatable bonds is 0. The van der Waals surface area contributed by atoms with Crippen LogP contribution in [-0.2, 0) is 0 Å². The molecule has 0 unspecified atom stereocenters. The Balaban J connectivity index is 3.14. The van der Waals surface area contributed by atoms with Crippen molar-refractivity contribution in [3.63, 3.8) is 0 Å². The highest BCUT2D eigenvalue weighted by atomic mass is 32.1. The van der Waals surface area contributed by atoms with E-state index >= 15 is 0 Å². The summed E-state index contributed by atoms with van der Waals surface area (Å²) >= 11 is 1.43. The van der Waals surface area contributed by atoms with Crippen molar-refractivity contribution < 1.29 is 4.42 Å². The monoisotopic (exact) mass is 194 g/mol. The smallest absolute Gasteiger partial charge is 0.347 e. The minimum atomic E-state index is -0.604. The molecule has 0 aliphatic rings. The van der Waals surface area contributed by atoms with Crippen molar-refractivity contribution in [1.82, 2.24) is 0 Å². The third-order valence-electron chi connectivity index (χ3n) is 1.77. The molecule has 4 heteroatoms. The van der Waals surface area contributed by atoms with Gasteiger partial charge in [0.05, 0.1) is 5.39 Å². The van der Waals surface area contributed by atoms with Crippen LogP contribution in [0, 0.1) is 6.92 Å². The van der Waals surface area contributed by atoms with Crippen molar-refractivity contribution in [3.8, 4) is 0 Å². The number of fused-ring (bicyclic) bond motifs is 1. The summed E-state index contributed by atoms with van der Waals surface area (Å²) in [5, 5.41) is 2.37. The summed E-state index contributed by atoms with van der Waals surface area (Å²) in [5.74, 6) is 0. The van der Waals surface area contributed by atoms with Crippen LogP contribution in [-0.4, -0.2) is 0 Å². The second-order valence-corrected chi connectivity index (χ2v) is 3.61. The number of hydrogen-bond donors (Lipinski definition) is 0. The van der Waals surface area contributed by atoms with Crippen LogP contribution in [0.5, 0.6) is 0 Å². The standard InChI is InChI=1S/C9H6O3S/c1-5-4-13-6-2-3-7(10)12-9(11)8(5)6/h2-4H,1H3. The summed E-state index contributed by atoms with van der Waals surface area (Å²) in [5.41, 5.74) is -0.305. The molecule has 3 nitrogen and oxygen atoms in total. The van der Waals surface area contributed by atoms with Crippen LogP contribution in [0.4, 0.5) is 0 Å². The molecule has 0 N–H and O–H groups in total. The lowest BCUT2D eigenvalue weighted by Crippen LogP contribution is -2.03. The molecule has 0 atom stereocenters. The Morgan fingerprint density at radius 3 is 2.85 bits per heavy atom. The number of aryl methyl sites for hydroxylation is 1. The summed E-state index contributed by atoms with van der Waals surface area (Å²) in [7, 11) is 0. The lowest BCUT2D eigenvalue weighted by Gasteiger charge is -1.78. The minimum Gasteiger partial charge on any atom is -0.386 e. The van der Waals surface area contributed by atoms with Gasteiger partial charge in [0.15, 0.2) is 0 Å². The van der Waals surface area contributed by atoms with Gasteiger partial charge in [0.1, 0.15) is 0 Å². The summed E-state index contributed by atoms with van der Waals surface area (Å²) in [4.78, 5) is 22.2. The van der Waals surface area contributed by atoms with Gasteiger partial charge in [0.25, 0.3) is 0 Å². The van der Waals surface area contributed by atoms with Crippen LogP contribution < -0.4 is 11.3 Å². The highest BCUT2D eigenvalue weighted by Gasteiger charge is 2.04. The molecule has 0 spiro atoms. The normalized spacial score (nSPS) is 10.5. The van der Waals surface area contributed by atoms with Crippen LogP contribution in [0.15, 0.2) is 31.5 Å². The van der Waals surface area contributed by atoms with E-state index in [9.17, 15) is 9.59 Å². The second-order valence-electron chi connectivity index (χ2n) is 2.70. The fraction of sp³-hybridized carbons (Fsp3) is 0.111. The van der Waals surface area contributed by atoms with E-state index < -0.39 is 11.3 Å². The quantitative estimate of drug-likeness (QED) is 0.638. The maximum Gasteiger partial charge on any atom is 0.347 e. The molecule has 0 saturated heterocycles. The fourth-order valence-electron chi connectivity index (χ4n) is 1.17. The Labute approximate surface area is 77.3 Å². The molecule has 0 fully saturated rings. The highest BCUT2D eigenvalue weighted by molar-refractivity contribution is 7.17. The van der Waals surface area contributed by atoms with E-state index in [1.54, 1.807) is 6.07 Å². The second kappa shape index (κ2) is 2.81. The fourth-order valence-corrected chi connectivity index (χ4v) is 2.10. The third kappa shape index (κ3) is 1.29. The van der Waals surface area contributed by atoms with Gasteiger partial charge < -0.3 is 4.42 Å². The Morgan fingerprint density at radius 1 is 1.31 bits per heavy atom. The average Bonchev–Trinajstić information content (AvgIpc) is 2.36. The topological polar surface area (TPSA) is 47.3 Å². The first kappa shape index (κ1) is 8.19.